The molecule has 1 heterocycles. The summed E-state index contributed by atoms with van der Waals surface area (Å²) in [5.74, 6) is 0.317. The van der Waals surface area contributed by atoms with Gasteiger partial charge in [0.15, 0.2) is 0 Å². The Bertz CT molecular complexity index is 1320. The van der Waals surface area contributed by atoms with Gasteiger partial charge in [-0.3, -0.25) is 0 Å². The van der Waals surface area contributed by atoms with E-state index in [9.17, 15) is 12.8 Å². The van der Waals surface area contributed by atoms with Crippen LogP contribution in [0.3, 0.4) is 0 Å². The number of sulfone groups is 1. The van der Waals surface area contributed by atoms with Crippen LogP contribution >= 0.6 is 15.9 Å². The lowest BCUT2D eigenvalue weighted by Crippen LogP contribution is -2.05. The second-order valence-electron chi connectivity index (χ2n) is 6.70. The fourth-order valence-corrected chi connectivity index (χ4v) is 4.46. The number of benzene rings is 3. The zero-order chi connectivity index (χ0) is 22.7. The number of halogens is 2. The molecule has 32 heavy (non-hydrogen) atoms. The van der Waals surface area contributed by atoms with Gasteiger partial charge in [-0.25, -0.2) is 12.8 Å². The molecule has 0 aliphatic rings. The Hall–Kier alpha value is -3.17. The first-order valence-corrected chi connectivity index (χ1v) is 11.9. The third-order valence-corrected chi connectivity index (χ3v) is 6.70. The fraction of sp³-hybridized carbons (Fsp3) is 0.0870. The van der Waals surface area contributed by atoms with Gasteiger partial charge in [-0.05, 0) is 79.7 Å². The maximum absolute atomic E-state index is 13.3. The molecule has 6 nitrogen and oxygen atoms in total. The van der Waals surface area contributed by atoms with Gasteiger partial charge in [0.25, 0.3) is 0 Å². The minimum absolute atomic E-state index is 0.0643. The van der Waals surface area contributed by atoms with Crippen LogP contribution in [0.1, 0.15) is 6.92 Å². The smallest absolute Gasteiger partial charge is 0.238 e. The fourth-order valence-electron chi connectivity index (χ4n) is 2.94. The third-order valence-electron chi connectivity index (χ3n) is 4.49. The maximum atomic E-state index is 13.3. The molecule has 4 aromatic rings. The third kappa shape index (κ3) is 4.68. The normalized spacial score (nSPS) is 11.3. The average Bonchev–Trinajstić information content (AvgIpc) is 3.21. The molecule has 0 spiro atoms. The van der Waals surface area contributed by atoms with Crippen molar-refractivity contribution in [3.05, 3.63) is 83.1 Å². The summed E-state index contributed by atoms with van der Waals surface area (Å²) >= 11 is 3.30. The SMILES string of the molecule is CCOc1ccc(-c2nc(S(=O)(=O)c3ccc(Br)cc3)c(Nc3ccc(F)cc3)o2)cc1. The predicted octanol–water partition coefficient (Wildman–Crippen LogP) is 6.22. The quantitative estimate of drug-likeness (QED) is 0.314. The van der Waals surface area contributed by atoms with E-state index in [1.807, 2.05) is 6.92 Å². The summed E-state index contributed by atoms with van der Waals surface area (Å²) in [6.45, 7) is 2.41. The molecule has 164 valence electrons. The highest BCUT2D eigenvalue weighted by atomic mass is 79.9. The van der Waals surface area contributed by atoms with Gasteiger partial charge in [-0.1, -0.05) is 15.9 Å². The van der Waals surface area contributed by atoms with E-state index in [0.717, 1.165) is 4.47 Å². The molecule has 0 bridgehead atoms. The van der Waals surface area contributed by atoms with Crippen LogP contribution in [-0.4, -0.2) is 20.0 Å². The molecule has 4 rings (SSSR count). The molecule has 9 heteroatoms. The summed E-state index contributed by atoms with van der Waals surface area (Å²) in [4.78, 5) is 4.36. The summed E-state index contributed by atoms with van der Waals surface area (Å²) in [6, 6.07) is 18.7. The van der Waals surface area contributed by atoms with E-state index in [2.05, 4.69) is 26.2 Å². The number of anilines is 2. The van der Waals surface area contributed by atoms with E-state index in [-0.39, 0.29) is 21.7 Å². The van der Waals surface area contributed by atoms with Crippen LogP contribution < -0.4 is 10.1 Å². The largest absolute Gasteiger partial charge is 0.494 e. The van der Waals surface area contributed by atoms with E-state index in [0.29, 0.717) is 23.6 Å². The summed E-state index contributed by atoms with van der Waals surface area (Å²) in [5.41, 5.74) is 1.03. The van der Waals surface area contributed by atoms with E-state index >= 15 is 0 Å². The molecule has 0 saturated heterocycles. The average molecular weight is 517 g/mol. The van der Waals surface area contributed by atoms with Gasteiger partial charge in [0.2, 0.25) is 26.6 Å². The van der Waals surface area contributed by atoms with Crippen LogP contribution in [-0.2, 0) is 9.84 Å². The Morgan fingerprint density at radius 3 is 2.28 bits per heavy atom. The van der Waals surface area contributed by atoms with Crippen LogP contribution in [0, 0.1) is 5.82 Å². The number of nitrogens with one attached hydrogen (secondary N) is 1. The van der Waals surface area contributed by atoms with Crippen molar-refractivity contribution in [2.24, 2.45) is 0 Å². The molecule has 0 unspecified atom stereocenters. The standard InChI is InChI=1S/C23H18BrFN2O4S/c1-2-30-19-11-3-15(4-12-19)21-27-23(32(28,29)20-13-5-16(24)6-14-20)22(31-21)26-18-9-7-17(25)8-10-18/h3-14,26H,2H2,1H3. The first kappa shape index (κ1) is 22.0. The number of nitrogens with zero attached hydrogens (tertiary/aromatic N) is 1. The minimum atomic E-state index is -4.01. The summed E-state index contributed by atoms with van der Waals surface area (Å²) in [5, 5.41) is 2.63. The summed E-state index contributed by atoms with van der Waals surface area (Å²) < 4.78 is 52.0. The number of hydrogen-bond donors (Lipinski definition) is 1. The van der Waals surface area contributed by atoms with Crippen molar-refractivity contribution < 1.29 is 22.0 Å². The number of aromatic nitrogens is 1. The van der Waals surface area contributed by atoms with Crippen molar-refractivity contribution >= 4 is 37.3 Å². The van der Waals surface area contributed by atoms with Crippen LogP contribution in [0.5, 0.6) is 5.75 Å². The lowest BCUT2D eigenvalue weighted by atomic mass is 10.2. The Labute approximate surface area is 193 Å². The molecule has 0 atom stereocenters. The van der Waals surface area contributed by atoms with Gasteiger partial charge in [0.1, 0.15) is 11.6 Å². The van der Waals surface area contributed by atoms with Gasteiger partial charge in [-0.15, -0.1) is 0 Å². The molecule has 1 aromatic heterocycles. The number of rotatable bonds is 7. The van der Waals surface area contributed by atoms with E-state index in [1.165, 1.54) is 36.4 Å². The second kappa shape index (κ2) is 9.13. The van der Waals surface area contributed by atoms with Gasteiger partial charge in [0, 0.05) is 15.7 Å². The van der Waals surface area contributed by atoms with Crippen molar-refractivity contribution in [3.63, 3.8) is 0 Å². The molecule has 0 radical (unpaired) electrons. The van der Waals surface area contributed by atoms with E-state index in [1.54, 1.807) is 36.4 Å². The van der Waals surface area contributed by atoms with Crippen molar-refractivity contribution in [1.29, 1.82) is 0 Å². The van der Waals surface area contributed by atoms with Gasteiger partial charge < -0.3 is 14.5 Å². The lowest BCUT2D eigenvalue weighted by Gasteiger charge is -2.06. The molecule has 0 aliphatic heterocycles. The zero-order valence-electron chi connectivity index (χ0n) is 16.9. The van der Waals surface area contributed by atoms with Crippen molar-refractivity contribution in [2.75, 3.05) is 11.9 Å². The molecule has 0 fully saturated rings. The van der Waals surface area contributed by atoms with Crippen molar-refractivity contribution in [3.8, 4) is 17.2 Å². The Balaban J connectivity index is 1.79. The molecule has 0 amide bonds. The van der Waals surface area contributed by atoms with Gasteiger partial charge in [0.05, 0.1) is 11.5 Å². The topological polar surface area (TPSA) is 81.4 Å². The molecule has 3 aromatic carbocycles. The molecule has 1 N–H and O–H groups in total. The highest BCUT2D eigenvalue weighted by Gasteiger charge is 2.29. The zero-order valence-corrected chi connectivity index (χ0v) is 19.3. The maximum Gasteiger partial charge on any atom is 0.238 e. The van der Waals surface area contributed by atoms with Crippen LogP contribution in [0.15, 0.2) is 91.6 Å². The number of oxazole rings is 1. The van der Waals surface area contributed by atoms with Crippen LogP contribution in [0.2, 0.25) is 0 Å². The first-order valence-electron chi connectivity index (χ1n) is 9.64. The van der Waals surface area contributed by atoms with E-state index in [4.69, 9.17) is 9.15 Å². The summed E-state index contributed by atoms with van der Waals surface area (Å²) in [7, 11) is -4.01. The predicted molar refractivity (Wildman–Crippen MR) is 122 cm³/mol. The number of hydrogen-bond acceptors (Lipinski definition) is 6. The summed E-state index contributed by atoms with van der Waals surface area (Å²) in [6.07, 6.45) is 0. The molecular weight excluding hydrogens is 499 g/mol. The minimum Gasteiger partial charge on any atom is -0.494 e. The lowest BCUT2D eigenvalue weighted by molar-refractivity contribution is 0.340. The van der Waals surface area contributed by atoms with Crippen molar-refractivity contribution in [1.82, 2.24) is 4.98 Å². The highest BCUT2D eigenvalue weighted by molar-refractivity contribution is 9.10. The van der Waals surface area contributed by atoms with Crippen LogP contribution in [0.25, 0.3) is 11.5 Å². The Kier molecular flexibility index (Phi) is 6.29. The van der Waals surface area contributed by atoms with Crippen LogP contribution in [0.4, 0.5) is 16.0 Å². The molecule has 0 aliphatic carbocycles. The number of ether oxygens (including phenoxy) is 1. The highest BCUT2D eigenvalue weighted by Crippen LogP contribution is 2.35. The van der Waals surface area contributed by atoms with Gasteiger partial charge >= 0.3 is 0 Å². The first-order chi connectivity index (χ1) is 15.4. The second-order valence-corrected chi connectivity index (χ2v) is 9.48. The molecular formula is C23H18BrFN2O4S. The van der Waals surface area contributed by atoms with Crippen molar-refractivity contribution in [2.45, 2.75) is 16.8 Å². The van der Waals surface area contributed by atoms with E-state index < -0.39 is 15.7 Å². The Morgan fingerprint density at radius 1 is 1.00 bits per heavy atom. The molecule has 0 saturated carbocycles. The Morgan fingerprint density at radius 2 is 1.66 bits per heavy atom. The van der Waals surface area contributed by atoms with Gasteiger partial charge in [-0.2, -0.15) is 4.98 Å². The monoisotopic (exact) mass is 516 g/mol.